The minimum atomic E-state index is -3.48. The van der Waals surface area contributed by atoms with Gasteiger partial charge in [0, 0.05) is 13.1 Å². The Labute approximate surface area is 124 Å². The van der Waals surface area contributed by atoms with Crippen LogP contribution >= 0.6 is 0 Å². The zero-order chi connectivity index (χ0) is 14.7. The van der Waals surface area contributed by atoms with Crippen LogP contribution in [-0.2, 0) is 14.6 Å². The van der Waals surface area contributed by atoms with Gasteiger partial charge < -0.3 is 14.1 Å². The Morgan fingerprint density at radius 1 is 1.10 bits per heavy atom. The molecule has 0 aromatic carbocycles. The van der Waals surface area contributed by atoms with E-state index < -0.39 is 9.84 Å². The maximum Gasteiger partial charge on any atom is 0.336 e. The molecule has 0 unspecified atom stereocenters. The first-order chi connectivity index (χ1) is 10.1. The van der Waals surface area contributed by atoms with Gasteiger partial charge in [-0.1, -0.05) is 29.5 Å². The molecule has 1 saturated heterocycles. The van der Waals surface area contributed by atoms with Crippen LogP contribution in [0.25, 0.3) is 0 Å². The number of nitrogens with zero attached hydrogens (tertiary/aromatic N) is 3. The summed E-state index contributed by atoms with van der Waals surface area (Å²) in [5.74, 6) is 0.347. The Morgan fingerprint density at radius 3 is 2.52 bits per heavy atom. The summed E-state index contributed by atoms with van der Waals surface area (Å²) in [6, 6.07) is 0.278. The minimum absolute atomic E-state index is 0.123. The van der Waals surface area contributed by atoms with Crippen molar-refractivity contribution in [2.45, 2.75) is 37.3 Å². The maximum atomic E-state index is 12.4. The average Bonchev–Trinajstić information content (AvgIpc) is 2.99. The van der Waals surface area contributed by atoms with E-state index in [0.29, 0.717) is 26.3 Å². The topological polar surface area (TPSA) is 85.5 Å². The molecule has 1 saturated carbocycles. The molecule has 0 bridgehead atoms. The van der Waals surface area contributed by atoms with Crippen molar-refractivity contribution in [3.63, 3.8) is 0 Å². The molecule has 2 heterocycles. The largest absolute Gasteiger partial charge is 0.394 e. The summed E-state index contributed by atoms with van der Waals surface area (Å²) in [6.07, 6.45) is 5.39. The highest BCUT2D eigenvalue weighted by Gasteiger charge is 2.29. The quantitative estimate of drug-likeness (QED) is 0.826. The number of hydrogen-bond donors (Lipinski definition) is 0. The monoisotopic (exact) mass is 315 g/mol. The van der Waals surface area contributed by atoms with Gasteiger partial charge in [-0.15, -0.1) is 0 Å². The van der Waals surface area contributed by atoms with E-state index in [2.05, 4.69) is 10.2 Å². The number of hydrogen-bond acceptors (Lipinski definition) is 7. The number of ether oxygens (including phenoxy) is 1. The summed E-state index contributed by atoms with van der Waals surface area (Å²) >= 11 is 0. The standard InChI is InChI=1S/C13H21N3O4S/c17-21(18,10-11-4-2-1-3-5-11)13-15-14-12(20-13)16-6-8-19-9-7-16/h11H,1-10H2. The molecule has 8 heteroatoms. The lowest BCUT2D eigenvalue weighted by Gasteiger charge is -2.24. The molecule has 3 rings (SSSR count). The molecule has 2 fully saturated rings. The van der Waals surface area contributed by atoms with Gasteiger partial charge in [-0.3, -0.25) is 0 Å². The van der Waals surface area contributed by atoms with Gasteiger partial charge >= 0.3 is 11.2 Å². The Morgan fingerprint density at radius 2 is 1.81 bits per heavy atom. The summed E-state index contributed by atoms with van der Waals surface area (Å²) in [7, 11) is -3.48. The van der Waals surface area contributed by atoms with Gasteiger partial charge in [-0.05, 0) is 18.8 Å². The molecule has 0 spiro atoms. The fraction of sp³-hybridized carbons (Fsp3) is 0.846. The second-order valence-corrected chi connectivity index (χ2v) is 7.65. The number of sulfone groups is 1. The van der Waals surface area contributed by atoms with Crippen molar-refractivity contribution in [2.24, 2.45) is 5.92 Å². The van der Waals surface area contributed by atoms with Crippen LogP contribution in [0, 0.1) is 5.92 Å². The molecule has 0 amide bonds. The lowest BCUT2D eigenvalue weighted by Crippen LogP contribution is -2.36. The molecule has 0 radical (unpaired) electrons. The van der Waals surface area contributed by atoms with Crippen LogP contribution < -0.4 is 4.90 Å². The zero-order valence-corrected chi connectivity index (χ0v) is 12.8. The normalized spacial score (nSPS) is 21.6. The van der Waals surface area contributed by atoms with Crippen molar-refractivity contribution < 1.29 is 17.6 Å². The molecule has 1 aliphatic carbocycles. The molecule has 0 atom stereocenters. The second kappa shape index (κ2) is 6.31. The van der Waals surface area contributed by atoms with E-state index in [0.717, 1.165) is 25.7 Å². The first-order valence-corrected chi connectivity index (χ1v) is 9.19. The lowest BCUT2D eigenvalue weighted by atomic mass is 9.91. The summed E-state index contributed by atoms with van der Waals surface area (Å²) < 4.78 is 35.3. The van der Waals surface area contributed by atoms with Crippen molar-refractivity contribution in [2.75, 3.05) is 37.0 Å². The van der Waals surface area contributed by atoms with Crippen LogP contribution in [0.5, 0.6) is 0 Å². The molecular formula is C13H21N3O4S. The lowest BCUT2D eigenvalue weighted by molar-refractivity contribution is 0.120. The highest BCUT2D eigenvalue weighted by molar-refractivity contribution is 7.91. The highest BCUT2D eigenvalue weighted by Crippen LogP contribution is 2.27. The zero-order valence-electron chi connectivity index (χ0n) is 12.0. The first-order valence-electron chi connectivity index (χ1n) is 7.54. The van der Waals surface area contributed by atoms with E-state index in [4.69, 9.17) is 9.15 Å². The summed E-state index contributed by atoms with van der Waals surface area (Å²) in [4.78, 5) is 1.86. The highest BCUT2D eigenvalue weighted by atomic mass is 32.2. The Hall–Kier alpha value is -1.15. The predicted molar refractivity (Wildman–Crippen MR) is 76.0 cm³/mol. The van der Waals surface area contributed by atoms with Crippen molar-refractivity contribution in [1.82, 2.24) is 10.2 Å². The Kier molecular flexibility index (Phi) is 4.44. The van der Waals surface area contributed by atoms with E-state index in [1.807, 2.05) is 4.90 Å². The van der Waals surface area contributed by atoms with Gasteiger partial charge in [0.25, 0.3) is 0 Å². The molecular weight excluding hydrogens is 294 g/mol. The van der Waals surface area contributed by atoms with Crippen LogP contribution in [0.3, 0.4) is 0 Å². The van der Waals surface area contributed by atoms with Crippen LogP contribution in [0.1, 0.15) is 32.1 Å². The molecule has 0 N–H and O–H groups in total. The summed E-state index contributed by atoms with van der Waals surface area (Å²) in [5.41, 5.74) is 0. The third-order valence-corrected chi connectivity index (χ3v) is 5.73. The van der Waals surface area contributed by atoms with Gasteiger partial charge in [-0.25, -0.2) is 8.42 Å². The second-order valence-electron chi connectivity index (χ2n) is 5.74. The number of aromatic nitrogens is 2. The predicted octanol–water partition coefficient (Wildman–Crippen LogP) is 1.26. The van der Waals surface area contributed by atoms with Crippen LogP contribution in [0.4, 0.5) is 6.01 Å². The smallest absolute Gasteiger partial charge is 0.336 e. The van der Waals surface area contributed by atoms with Crippen LogP contribution in [0.15, 0.2) is 9.64 Å². The molecule has 1 aromatic heterocycles. The van der Waals surface area contributed by atoms with Crippen molar-refractivity contribution in [1.29, 1.82) is 0 Å². The van der Waals surface area contributed by atoms with E-state index in [1.165, 1.54) is 6.42 Å². The molecule has 21 heavy (non-hydrogen) atoms. The first kappa shape index (κ1) is 14.8. The van der Waals surface area contributed by atoms with Crippen molar-refractivity contribution >= 4 is 15.9 Å². The van der Waals surface area contributed by atoms with E-state index in [9.17, 15) is 8.42 Å². The van der Waals surface area contributed by atoms with Crippen molar-refractivity contribution in [3.8, 4) is 0 Å². The van der Waals surface area contributed by atoms with Crippen LogP contribution in [-0.4, -0.2) is 50.7 Å². The molecule has 118 valence electrons. The third-order valence-electron chi connectivity index (χ3n) is 4.12. The summed E-state index contributed by atoms with van der Waals surface area (Å²) in [5, 5.41) is 7.37. The fourth-order valence-corrected chi connectivity index (χ4v) is 4.41. The van der Waals surface area contributed by atoms with Gasteiger partial charge in [0.2, 0.25) is 9.84 Å². The van der Waals surface area contributed by atoms with Gasteiger partial charge in [-0.2, -0.15) is 0 Å². The number of anilines is 1. The minimum Gasteiger partial charge on any atom is -0.394 e. The van der Waals surface area contributed by atoms with E-state index in [-0.39, 0.29) is 22.9 Å². The summed E-state index contributed by atoms with van der Waals surface area (Å²) in [6.45, 7) is 2.47. The van der Waals surface area contributed by atoms with Gasteiger partial charge in [0.05, 0.1) is 19.0 Å². The fourth-order valence-electron chi connectivity index (χ4n) is 2.95. The third kappa shape index (κ3) is 3.55. The number of rotatable bonds is 4. The maximum absolute atomic E-state index is 12.4. The van der Waals surface area contributed by atoms with E-state index in [1.54, 1.807) is 0 Å². The van der Waals surface area contributed by atoms with Gasteiger partial charge in [0.1, 0.15) is 0 Å². The van der Waals surface area contributed by atoms with Crippen LogP contribution in [0.2, 0.25) is 0 Å². The molecule has 1 aliphatic heterocycles. The SMILES string of the molecule is O=S(=O)(CC1CCCCC1)c1nnc(N2CCOCC2)o1. The molecule has 1 aromatic rings. The number of morpholine rings is 1. The van der Waals surface area contributed by atoms with E-state index >= 15 is 0 Å². The molecule has 2 aliphatic rings. The van der Waals surface area contributed by atoms with Gasteiger partial charge in [0.15, 0.2) is 0 Å². The molecule has 7 nitrogen and oxygen atoms in total. The van der Waals surface area contributed by atoms with Crippen molar-refractivity contribution in [3.05, 3.63) is 0 Å². The Bertz CT molecular complexity index is 560. The average molecular weight is 315 g/mol. The Balaban J connectivity index is 1.68.